The van der Waals surface area contributed by atoms with Crippen LogP contribution in [0.5, 0.6) is 0 Å². The molecule has 108 valence electrons. The smallest absolute Gasteiger partial charge is 0.125 e. The molecule has 0 bridgehead atoms. The van der Waals surface area contributed by atoms with E-state index in [0.717, 1.165) is 32.6 Å². The third-order valence-electron chi connectivity index (χ3n) is 3.35. The molecule has 0 aliphatic rings. The molecule has 0 aliphatic carbocycles. The molecule has 3 rings (SSSR count). The van der Waals surface area contributed by atoms with Gasteiger partial charge in [-0.1, -0.05) is 6.07 Å². The number of fused-ring (bicyclic) bond motifs is 1. The first kappa shape index (κ1) is 14.5. The van der Waals surface area contributed by atoms with Crippen molar-refractivity contribution in [3.05, 3.63) is 58.1 Å². The Morgan fingerprint density at radius 2 is 2.05 bits per heavy atom. The van der Waals surface area contributed by atoms with Gasteiger partial charge in [0.1, 0.15) is 11.6 Å². The lowest BCUT2D eigenvalue weighted by atomic mass is 10.2. The lowest BCUT2D eigenvalue weighted by Gasteiger charge is -2.11. The van der Waals surface area contributed by atoms with Crippen molar-refractivity contribution in [1.82, 2.24) is 9.55 Å². The van der Waals surface area contributed by atoms with Gasteiger partial charge in [0.05, 0.1) is 16.7 Å². The van der Waals surface area contributed by atoms with Crippen molar-refractivity contribution in [3.8, 4) is 5.69 Å². The van der Waals surface area contributed by atoms with Gasteiger partial charge >= 0.3 is 0 Å². The van der Waals surface area contributed by atoms with Crippen LogP contribution in [0.2, 0.25) is 0 Å². The van der Waals surface area contributed by atoms with Gasteiger partial charge in [0.25, 0.3) is 0 Å². The minimum absolute atomic E-state index is 0.279. The maximum absolute atomic E-state index is 13.6. The fourth-order valence-corrected chi connectivity index (χ4v) is 3.01. The van der Waals surface area contributed by atoms with E-state index in [2.05, 4.69) is 20.9 Å². The van der Waals surface area contributed by atoms with Gasteiger partial charge < -0.3 is 0 Å². The van der Waals surface area contributed by atoms with Gasteiger partial charge in [-0.15, -0.1) is 11.6 Å². The summed E-state index contributed by atoms with van der Waals surface area (Å²) >= 11 is 9.38. The Morgan fingerprint density at radius 3 is 2.81 bits per heavy atom. The molecule has 0 amide bonds. The van der Waals surface area contributed by atoms with Crippen molar-refractivity contribution < 1.29 is 4.39 Å². The maximum Gasteiger partial charge on any atom is 0.125 e. The molecule has 0 atom stereocenters. The Kier molecular flexibility index (Phi) is 4.00. The molecular formula is C16H13BrClFN2. The summed E-state index contributed by atoms with van der Waals surface area (Å²) in [5.74, 6) is 1.02. The minimum atomic E-state index is -0.279. The number of halogens is 3. The van der Waals surface area contributed by atoms with Crippen molar-refractivity contribution in [1.29, 1.82) is 0 Å². The Bertz CT molecular complexity index is 813. The standard InChI is InChI=1S/C16H13BrClFN2/c1-10-2-5-14-13(8-10)20-16(6-7-18)21(14)15-9-11(19)3-4-12(15)17/h2-5,8-9H,6-7H2,1H3. The van der Waals surface area contributed by atoms with Gasteiger partial charge in [-0.3, -0.25) is 4.57 Å². The zero-order valence-corrected chi connectivity index (χ0v) is 13.7. The normalized spacial score (nSPS) is 11.2. The summed E-state index contributed by atoms with van der Waals surface area (Å²) in [4.78, 5) is 4.65. The Labute approximate surface area is 135 Å². The first-order chi connectivity index (χ1) is 10.1. The molecule has 3 aromatic rings. The topological polar surface area (TPSA) is 17.8 Å². The van der Waals surface area contributed by atoms with Gasteiger partial charge in [-0.25, -0.2) is 9.37 Å². The van der Waals surface area contributed by atoms with Crippen molar-refractivity contribution in [3.63, 3.8) is 0 Å². The number of benzene rings is 2. The second-order valence-corrected chi connectivity index (χ2v) is 6.12. The lowest BCUT2D eigenvalue weighted by Crippen LogP contribution is -2.03. The fourth-order valence-electron chi connectivity index (χ4n) is 2.42. The molecule has 21 heavy (non-hydrogen) atoms. The molecule has 0 saturated carbocycles. The van der Waals surface area contributed by atoms with E-state index in [-0.39, 0.29) is 5.82 Å². The van der Waals surface area contributed by atoms with Crippen LogP contribution in [0.25, 0.3) is 16.7 Å². The largest absolute Gasteiger partial charge is 0.295 e. The van der Waals surface area contributed by atoms with Crippen LogP contribution >= 0.6 is 27.5 Å². The van der Waals surface area contributed by atoms with Gasteiger partial charge in [0.2, 0.25) is 0 Å². The quantitative estimate of drug-likeness (QED) is 0.595. The second kappa shape index (κ2) is 5.78. The minimum Gasteiger partial charge on any atom is -0.295 e. The van der Waals surface area contributed by atoms with Crippen LogP contribution in [0, 0.1) is 12.7 Å². The predicted octanol–water partition coefficient (Wildman–Crippen LogP) is 5.02. The van der Waals surface area contributed by atoms with Crippen LogP contribution in [0.15, 0.2) is 40.9 Å². The molecule has 1 heterocycles. The molecular weight excluding hydrogens is 355 g/mol. The van der Waals surface area contributed by atoms with E-state index in [1.54, 1.807) is 6.07 Å². The summed E-state index contributed by atoms with van der Waals surface area (Å²) in [6.07, 6.45) is 0.623. The Morgan fingerprint density at radius 1 is 1.24 bits per heavy atom. The molecule has 0 N–H and O–H groups in total. The fraction of sp³-hybridized carbons (Fsp3) is 0.188. The monoisotopic (exact) mass is 366 g/mol. The van der Waals surface area contributed by atoms with E-state index in [9.17, 15) is 4.39 Å². The van der Waals surface area contributed by atoms with Crippen molar-refractivity contribution in [2.75, 3.05) is 5.88 Å². The Balaban J connectivity index is 2.33. The number of aromatic nitrogens is 2. The predicted molar refractivity (Wildman–Crippen MR) is 87.9 cm³/mol. The highest BCUT2D eigenvalue weighted by Crippen LogP contribution is 2.28. The molecule has 0 spiro atoms. The van der Waals surface area contributed by atoms with E-state index in [0.29, 0.717) is 12.3 Å². The third kappa shape index (κ3) is 2.70. The SMILES string of the molecule is Cc1ccc2c(c1)nc(CCCl)n2-c1cc(F)ccc1Br. The highest BCUT2D eigenvalue weighted by Gasteiger charge is 2.15. The van der Waals surface area contributed by atoms with Crippen molar-refractivity contribution >= 4 is 38.6 Å². The summed E-state index contributed by atoms with van der Waals surface area (Å²) in [6.45, 7) is 2.03. The maximum atomic E-state index is 13.6. The number of aryl methyl sites for hydroxylation is 2. The summed E-state index contributed by atoms with van der Waals surface area (Å²) in [6, 6.07) is 10.7. The van der Waals surface area contributed by atoms with E-state index < -0.39 is 0 Å². The average molecular weight is 368 g/mol. The van der Waals surface area contributed by atoms with Gasteiger partial charge in [-0.2, -0.15) is 0 Å². The number of rotatable bonds is 3. The molecule has 0 saturated heterocycles. The summed E-state index contributed by atoms with van der Waals surface area (Å²) in [7, 11) is 0. The number of imidazole rings is 1. The second-order valence-electron chi connectivity index (χ2n) is 4.89. The van der Waals surface area contributed by atoms with Crippen LogP contribution < -0.4 is 0 Å². The van der Waals surface area contributed by atoms with Gasteiger partial charge in [0, 0.05) is 16.8 Å². The first-order valence-corrected chi connectivity index (χ1v) is 7.92. The highest BCUT2D eigenvalue weighted by atomic mass is 79.9. The number of hydrogen-bond donors (Lipinski definition) is 0. The molecule has 0 fully saturated rings. The molecule has 2 nitrogen and oxygen atoms in total. The van der Waals surface area contributed by atoms with Crippen LogP contribution in [-0.4, -0.2) is 15.4 Å². The third-order valence-corrected chi connectivity index (χ3v) is 4.21. The lowest BCUT2D eigenvalue weighted by molar-refractivity contribution is 0.626. The van der Waals surface area contributed by atoms with Crippen LogP contribution in [0.3, 0.4) is 0 Å². The molecule has 0 radical (unpaired) electrons. The van der Waals surface area contributed by atoms with Crippen LogP contribution in [0.4, 0.5) is 4.39 Å². The van der Waals surface area contributed by atoms with Crippen molar-refractivity contribution in [2.24, 2.45) is 0 Å². The van der Waals surface area contributed by atoms with E-state index in [1.165, 1.54) is 12.1 Å². The number of hydrogen-bond acceptors (Lipinski definition) is 1. The highest BCUT2D eigenvalue weighted by molar-refractivity contribution is 9.10. The van der Waals surface area contributed by atoms with E-state index in [1.807, 2.05) is 29.7 Å². The van der Waals surface area contributed by atoms with Gasteiger partial charge in [0.15, 0.2) is 0 Å². The number of nitrogens with zero attached hydrogens (tertiary/aromatic N) is 2. The van der Waals surface area contributed by atoms with E-state index in [4.69, 9.17) is 11.6 Å². The van der Waals surface area contributed by atoms with Crippen LogP contribution in [-0.2, 0) is 6.42 Å². The Hall–Kier alpha value is -1.39. The molecule has 5 heteroatoms. The molecule has 0 aliphatic heterocycles. The molecule has 1 aromatic heterocycles. The van der Waals surface area contributed by atoms with E-state index >= 15 is 0 Å². The molecule has 0 unspecified atom stereocenters. The number of alkyl halides is 1. The zero-order valence-electron chi connectivity index (χ0n) is 11.4. The summed E-state index contributed by atoms with van der Waals surface area (Å²) < 4.78 is 16.4. The average Bonchev–Trinajstić information content (AvgIpc) is 2.79. The first-order valence-electron chi connectivity index (χ1n) is 6.59. The van der Waals surface area contributed by atoms with Gasteiger partial charge in [-0.05, 0) is 58.7 Å². The summed E-state index contributed by atoms with van der Waals surface area (Å²) in [5.41, 5.74) is 3.72. The van der Waals surface area contributed by atoms with Crippen molar-refractivity contribution in [2.45, 2.75) is 13.3 Å². The molecule has 2 aromatic carbocycles. The van der Waals surface area contributed by atoms with Crippen LogP contribution in [0.1, 0.15) is 11.4 Å². The summed E-state index contributed by atoms with van der Waals surface area (Å²) in [5, 5.41) is 0. The zero-order chi connectivity index (χ0) is 15.0.